The molecule has 0 aromatic heterocycles. The summed E-state index contributed by atoms with van der Waals surface area (Å²) in [7, 11) is 0. The topological polar surface area (TPSA) is 36.4 Å². The molecule has 0 fully saturated rings. The molecule has 2 nitrogen and oxygen atoms in total. The Morgan fingerprint density at radius 3 is 1.94 bits per heavy atom. The zero-order valence-corrected chi connectivity index (χ0v) is 22.0. The molecule has 2 aromatic rings. The smallest absolute Gasteiger partial charge is 0.303 e. The molecule has 0 radical (unpaired) electrons. The Balaban J connectivity index is 2.72. The highest BCUT2D eigenvalue weighted by molar-refractivity contribution is 5.87. The van der Waals surface area contributed by atoms with Crippen molar-refractivity contribution in [3.63, 3.8) is 0 Å². The average Bonchev–Trinajstić information content (AvgIpc) is 2.87. The van der Waals surface area contributed by atoms with Gasteiger partial charge >= 0.3 is 5.87 Å². The van der Waals surface area contributed by atoms with Gasteiger partial charge in [0.1, 0.15) is 0 Å². The zero-order chi connectivity index (χ0) is 24.6. The standard InChI is InChI=1S/C32H44N2/c1-5-9-14-26-20-22-28(23-21-26)32(29-18-13-16-27(24-29)15-10-6-2)31(19-12-8-4)30(25-34-33)17-11-7-3/h13,16,18,20-24H,5-12,14-15,17,19H2,1-4H3. The van der Waals surface area contributed by atoms with Gasteiger partial charge in [0.05, 0.1) is 5.57 Å². The van der Waals surface area contributed by atoms with Crippen LogP contribution in [0.5, 0.6) is 0 Å². The van der Waals surface area contributed by atoms with E-state index in [-0.39, 0.29) is 0 Å². The summed E-state index contributed by atoms with van der Waals surface area (Å²) in [5, 5.41) is 0. The lowest BCUT2D eigenvalue weighted by Gasteiger charge is -2.18. The number of hydrogen-bond donors (Lipinski definition) is 0. The summed E-state index contributed by atoms with van der Waals surface area (Å²) in [6.07, 6.45) is 13.3. The minimum absolute atomic E-state index is 0.882. The van der Waals surface area contributed by atoms with E-state index in [2.05, 4.69) is 86.9 Å². The molecule has 0 bridgehead atoms. The van der Waals surface area contributed by atoms with Crippen LogP contribution in [0.25, 0.3) is 11.1 Å². The van der Waals surface area contributed by atoms with E-state index in [0.29, 0.717) is 0 Å². The summed E-state index contributed by atoms with van der Waals surface area (Å²) in [6.45, 7) is 8.93. The molecule has 0 amide bonds. The Morgan fingerprint density at radius 2 is 1.32 bits per heavy atom. The summed E-state index contributed by atoms with van der Waals surface area (Å²) in [5.74, 6) is 2.97. The van der Waals surface area contributed by atoms with Gasteiger partial charge in [-0.2, -0.15) is 0 Å². The highest BCUT2D eigenvalue weighted by atomic mass is 14.8. The van der Waals surface area contributed by atoms with Gasteiger partial charge in [-0.25, -0.2) is 0 Å². The fourth-order valence-electron chi connectivity index (χ4n) is 4.47. The molecule has 2 rings (SSSR count). The number of hydrogen-bond acceptors (Lipinski definition) is 0. The summed E-state index contributed by atoms with van der Waals surface area (Å²) >= 11 is 0. The third-order valence-corrected chi connectivity index (χ3v) is 6.51. The van der Waals surface area contributed by atoms with Crippen LogP contribution < -0.4 is 0 Å². The van der Waals surface area contributed by atoms with Crippen molar-refractivity contribution < 1.29 is 4.79 Å². The van der Waals surface area contributed by atoms with Crippen molar-refractivity contribution in [1.29, 1.82) is 0 Å². The van der Waals surface area contributed by atoms with E-state index in [4.69, 9.17) is 0 Å². The summed E-state index contributed by atoms with van der Waals surface area (Å²) in [5.41, 5.74) is 18.4. The molecule has 2 heteroatoms. The molecular formula is C32H44N2. The molecule has 0 heterocycles. The fourth-order valence-corrected chi connectivity index (χ4v) is 4.47. The largest absolute Gasteiger partial charge is 0.348 e. The van der Waals surface area contributed by atoms with E-state index in [1.807, 2.05) is 0 Å². The number of unbranched alkanes of at least 4 members (excludes halogenated alkanes) is 4. The molecule has 0 N–H and O–H groups in total. The van der Waals surface area contributed by atoms with E-state index in [9.17, 15) is 5.53 Å². The molecule has 0 atom stereocenters. The normalized spacial score (nSPS) is 11.5. The summed E-state index contributed by atoms with van der Waals surface area (Å²) < 4.78 is 0. The minimum Gasteiger partial charge on any atom is -0.348 e. The molecule has 0 aliphatic carbocycles. The maximum absolute atomic E-state index is 9.46. The Bertz CT molecular complexity index is 984. The van der Waals surface area contributed by atoms with Crippen molar-refractivity contribution in [2.75, 3.05) is 0 Å². The first-order valence-electron chi connectivity index (χ1n) is 13.6. The Labute approximate surface area is 208 Å². The maximum atomic E-state index is 9.46. The zero-order valence-electron chi connectivity index (χ0n) is 22.0. The van der Waals surface area contributed by atoms with Crippen LogP contribution >= 0.6 is 0 Å². The highest BCUT2D eigenvalue weighted by Gasteiger charge is 2.18. The predicted molar refractivity (Wildman–Crippen MR) is 147 cm³/mol. The van der Waals surface area contributed by atoms with Gasteiger partial charge < -0.3 is 5.53 Å². The van der Waals surface area contributed by atoms with Crippen LogP contribution in [-0.2, 0) is 12.8 Å². The monoisotopic (exact) mass is 456 g/mol. The van der Waals surface area contributed by atoms with Crippen LogP contribution in [0.3, 0.4) is 0 Å². The van der Waals surface area contributed by atoms with E-state index in [0.717, 1.165) is 56.9 Å². The Hall–Kier alpha value is -2.66. The fraction of sp³-hybridized carbons (Fsp3) is 0.500. The lowest BCUT2D eigenvalue weighted by atomic mass is 9.84. The van der Waals surface area contributed by atoms with E-state index in [1.54, 1.807) is 0 Å². The number of nitrogens with zero attached hydrogens (tertiary/aromatic N) is 2. The average molecular weight is 457 g/mol. The molecule has 182 valence electrons. The van der Waals surface area contributed by atoms with Crippen molar-refractivity contribution in [2.24, 2.45) is 0 Å². The molecule has 0 aliphatic heterocycles. The number of rotatable bonds is 15. The Kier molecular flexibility index (Phi) is 13.0. The van der Waals surface area contributed by atoms with Gasteiger partial charge in [0.15, 0.2) is 0 Å². The van der Waals surface area contributed by atoms with Gasteiger partial charge in [-0.15, -0.1) is 4.79 Å². The molecule has 34 heavy (non-hydrogen) atoms. The van der Waals surface area contributed by atoms with Crippen LogP contribution in [0.2, 0.25) is 0 Å². The van der Waals surface area contributed by atoms with Crippen molar-refractivity contribution in [1.82, 2.24) is 0 Å². The van der Waals surface area contributed by atoms with Crippen molar-refractivity contribution in [3.8, 4) is 0 Å². The molecule has 0 saturated carbocycles. The number of aryl methyl sites for hydroxylation is 2. The van der Waals surface area contributed by atoms with Crippen LogP contribution in [0.15, 0.2) is 59.7 Å². The lowest BCUT2D eigenvalue weighted by Crippen LogP contribution is -2.02. The van der Waals surface area contributed by atoms with Crippen LogP contribution in [0, 0.1) is 0 Å². The molecule has 0 saturated heterocycles. The van der Waals surface area contributed by atoms with Gasteiger partial charge in [0.2, 0.25) is 0 Å². The van der Waals surface area contributed by atoms with Gasteiger partial charge in [0, 0.05) is 0 Å². The second-order valence-electron chi connectivity index (χ2n) is 9.36. The van der Waals surface area contributed by atoms with Gasteiger partial charge in [-0.1, -0.05) is 102 Å². The van der Waals surface area contributed by atoms with E-state index in [1.165, 1.54) is 59.1 Å². The molecule has 0 unspecified atom stereocenters. The predicted octanol–water partition coefficient (Wildman–Crippen LogP) is 9.38. The highest BCUT2D eigenvalue weighted by Crippen LogP contribution is 2.35. The lowest BCUT2D eigenvalue weighted by molar-refractivity contribution is 0.00739. The second-order valence-corrected chi connectivity index (χ2v) is 9.36. The number of benzene rings is 2. The van der Waals surface area contributed by atoms with E-state index >= 15 is 0 Å². The first kappa shape index (κ1) is 27.6. The molecule has 2 aromatic carbocycles. The van der Waals surface area contributed by atoms with Crippen LogP contribution in [-0.4, -0.2) is 10.7 Å². The maximum Gasteiger partial charge on any atom is 0.303 e. The van der Waals surface area contributed by atoms with Gasteiger partial charge in [-0.05, 0) is 84.8 Å². The SMILES string of the molecule is CCCCC(=C=[N+]=[N-])C(CCCC)=C(c1ccc(CCCC)cc1)c1cccc(CCCC)c1. The first-order valence-corrected chi connectivity index (χ1v) is 13.6. The van der Waals surface area contributed by atoms with Crippen molar-refractivity contribution in [2.45, 2.75) is 105 Å². The minimum atomic E-state index is 0.882. The number of allylic oxidation sites excluding steroid dienone is 2. The van der Waals surface area contributed by atoms with Gasteiger partial charge in [-0.3, -0.25) is 0 Å². The quantitative estimate of drug-likeness (QED) is 0.111. The molecule has 0 spiro atoms. The van der Waals surface area contributed by atoms with Crippen LogP contribution in [0.1, 0.15) is 114 Å². The van der Waals surface area contributed by atoms with E-state index < -0.39 is 0 Å². The van der Waals surface area contributed by atoms with Crippen molar-refractivity contribution in [3.05, 3.63) is 87.5 Å². The third-order valence-electron chi connectivity index (χ3n) is 6.51. The second kappa shape index (κ2) is 16.0. The van der Waals surface area contributed by atoms with Crippen molar-refractivity contribution >= 4 is 11.4 Å². The first-order chi connectivity index (χ1) is 16.7. The van der Waals surface area contributed by atoms with Gasteiger partial charge in [0.25, 0.3) is 0 Å². The molecular weight excluding hydrogens is 412 g/mol. The van der Waals surface area contributed by atoms with Crippen LogP contribution in [0.4, 0.5) is 0 Å². The third kappa shape index (κ3) is 8.60. The Morgan fingerprint density at radius 1 is 0.706 bits per heavy atom. The molecule has 0 aliphatic rings. The summed E-state index contributed by atoms with van der Waals surface area (Å²) in [4.78, 5) is 3.37. The summed E-state index contributed by atoms with van der Waals surface area (Å²) in [6, 6.07) is 18.2.